The van der Waals surface area contributed by atoms with Crippen molar-refractivity contribution in [2.75, 3.05) is 24.7 Å². The lowest BCUT2D eigenvalue weighted by atomic mass is 10.1. The van der Waals surface area contributed by atoms with Gasteiger partial charge in [0.1, 0.15) is 0 Å². The molecule has 0 aliphatic heterocycles. The van der Waals surface area contributed by atoms with Crippen molar-refractivity contribution in [3.8, 4) is 0 Å². The summed E-state index contributed by atoms with van der Waals surface area (Å²) in [5.41, 5.74) is 7.97. The minimum absolute atomic E-state index is 0.427. The van der Waals surface area contributed by atoms with Crippen LogP contribution >= 0.6 is 0 Å². The van der Waals surface area contributed by atoms with Crippen molar-refractivity contribution in [1.29, 1.82) is 0 Å². The normalized spacial score (nSPS) is 12.1. The Morgan fingerprint density at radius 3 is 2.61 bits per heavy atom. The highest BCUT2D eigenvalue weighted by atomic mass is 16.3. The van der Waals surface area contributed by atoms with Gasteiger partial charge in [0.05, 0.1) is 23.2 Å². The van der Waals surface area contributed by atoms with Gasteiger partial charge in [-0.2, -0.15) is 0 Å². The zero-order valence-electron chi connectivity index (χ0n) is 11.3. The second-order valence-electron chi connectivity index (χ2n) is 5.44. The van der Waals surface area contributed by atoms with Gasteiger partial charge in [0.15, 0.2) is 0 Å². The molecular formula is C13H20N4O. The molecule has 0 amide bonds. The molecule has 0 aliphatic carbocycles. The first-order valence-electron chi connectivity index (χ1n) is 5.93. The summed E-state index contributed by atoms with van der Waals surface area (Å²) < 4.78 is 1.84. The van der Waals surface area contributed by atoms with Gasteiger partial charge < -0.3 is 20.3 Å². The molecule has 3 N–H and O–H groups in total. The van der Waals surface area contributed by atoms with E-state index in [0.717, 1.165) is 16.7 Å². The maximum Gasteiger partial charge on any atom is 0.201 e. The van der Waals surface area contributed by atoms with E-state index in [1.165, 1.54) is 0 Å². The smallest absolute Gasteiger partial charge is 0.201 e. The van der Waals surface area contributed by atoms with Crippen molar-refractivity contribution in [2.45, 2.75) is 26.0 Å². The summed E-state index contributed by atoms with van der Waals surface area (Å²) in [7, 11) is 3.97. The van der Waals surface area contributed by atoms with Gasteiger partial charge in [-0.15, -0.1) is 0 Å². The Labute approximate surface area is 107 Å². The van der Waals surface area contributed by atoms with Gasteiger partial charge in [0.2, 0.25) is 5.95 Å². The second-order valence-corrected chi connectivity index (χ2v) is 5.44. The van der Waals surface area contributed by atoms with Crippen molar-refractivity contribution in [3.05, 3.63) is 18.2 Å². The molecule has 0 saturated carbocycles. The van der Waals surface area contributed by atoms with Crippen LogP contribution in [0.15, 0.2) is 18.2 Å². The van der Waals surface area contributed by atoms with Crippen LogP contribution in [0.4, 0.5) is 11.6 Å². The molecule has 1 aromatic carbocycles. The van der Waals surface area contributed by atoms with Crippen LogP contribution in [0.3, 0.4) is 0 Å². The largest absolute Gasteiger partial charge is 0.389 e. The Morgan fingerprint density at radius 2 is 2.06 bits per heavy atom. The zero-order valence-corrected chi connectivity index (χ0v) is 11.3. The van der Waals surface area contributed by atoms with Gasteiger partial charge in [-0.1, -0.05) is 0 Å². The molecule has 5 nitrogen and oxygen atoms in total. The van der Waals surface area contributed by atoms with Crippen LogP contribution < -0.4 is 10.6 Å². The van der Waals surface area contributed by atoms with Gasteiger partial charge in [-0.05, 0) is 32.0 Å². The first-order valence-corrected chi connectivity index (χ1v) is 5.93. The van der Waals surface area contributed by atoms with E-state index in [0.29, 0.717) is 12.5 Å². The summed E-state index contributed by atoms with van der Waals surface area (Å²) in [4.78, 5) is 6.36. The number of aromatic nitrogens is 2. The van der Waals surface area contributed by atoms with Crippen LogP contribution in [0, 0.1) is 0 Å². The Kier molecular flexibility index (Phi) is 2.94. The highest BCUT2D eigenvalue weighted by molar-refractivity contribution is 5.82. The van der Waals surface area contributed by atoms with Crippen LogP contribution in [-0.4, -0.2) is 34.4 Å². The highest BCUT2D eigenvalue weighted by Crippen LogP contribution is 2.24. The summed E-state index contributed by atoms with van der Waals surface area (Å²) in [6.07, 6.45) is 0. The molecule has 0 fully saturated rings. The average Bonchev–Trinajstić information content (AvgIpc) is 2.52. The summed E-state index contributed by atoms with van der Waals surface area (Å²) in [6.45, 7) is 3.94. The minimum Gasteiger partial charge on any atom is -0.389 e. The summed E-state index contributed by atoms with van der Waals surface area (Å²) in [6, 6.07) is 6.00. The molecule has 5 heteroatoms. The van der Waals surface area contributed by atoms with E-state index in [4.69, 9.17) is 5.73 Å². The molecule has 0 aliphatic rings. The Morgan fingerprint density at radius 1 is 1.39 bits per heavy atom. The predicted molar refractivity (Wildman–Crippen MR) is 74.8 cm³/mol. The van der Waals surface area contributed by atoms with Crippen LogP contribution in [-0.2, 0) is 6.54 Å². The third-order valence-electron chi connectivity index (χ3n) is 2.82. The number of hydrogen-bond donors (Lipinski definition) is 2. The maximum atomic E-state index is 9.90. The number of anilines is 2. The Balaban J connectivity index is 2.52. The third-order valence-corrected chi connectivity index (χ3v) is 2.82. The molecule has 2 rings (SSSR count). The first kappa shape index (κ1) is 12.7. The lowest BCUT2D eigenvalue weighted by molar-refractivity contribution is 0.0633. The topological polar surface area (TPSA) is 67.3 Å². The van der Waals surface area contributed by atoms with Crippen LogP contribution in [0.5, 0.6) is 0 Å². The quantitative estimate of drug-likeness (QED) is 0.863. The molecule has 0 bridgehead atoms. The number of hydrogen-bond acceptors (Lipinski definition) is 4. The zero-order chi connectivity index (χ0) is 13.5. The summed E-state index contributed by atoms with van der Waals surface area (Å²) in [5, 5.41) is 9.90. The molecule has 0 saturated heterocycles. The lowest BCUT2D eigenvalue weighted by Gasteiger charge is -2.19. The molecule has 0 spiro atoms. The van der Waals surface area contributed by atoms with E-state index < -0.39 is 5.60 Å². The number of fused-ring (bicyclic) bond motifs is 1. The molecule has 18 heavy (non-hydrogen) atoms. The number of nitrogen functional groups attached to an aromatic ring is 1. The van der Waals surface area contributed by atoms with E-state index in [2.05, 4.69) is 4.98 Å². The van der Waals surface area contributed by atoms with E-state index >= 15 is 0 Å². The average molecular weight is 248 g/mol. The van der Waals surface area contributed by atoms with Gasteiger partial charge in [0.25, 0.3) is 0 Å². The van der Waals surface area contributed by atoms with Crippen molar-refractivity contribution in [1.82, 2.24) is 9.55 Å². The monoisotopic (exact) mass is 248 g/mol. The van der Waals surface area contributed by atoms with Crippen molar-refractivity contribution >= 4 is 22.7 Å². The molecule has 1 aromatic heterocycles. The third kappa shape index (κ3) is 2.41. The predicted octanol–water partition coefficient (Wildman–Crippen LogP) is 1.46. The summed E-state index contributed by atoms with van der Waals surface area (Å²) >= 11 is 0. The Bertz CT molecular complexity index is 566. The van der Waals surface area contributed by atoms with Gasteiger partial charge >= 0.3 is 0 Å². The molecule has 1 heterocycles. The maximum absolute atomic E-state index is 9.90. The number of benzene rings is 1. The molecule has 0 radical (unpaired) electrons. The van der Waals surface area contributed by atoms with Gasteiger partial charge in [-0.3, -0.25) is 0 Å². The highest BCUT2D eigenvalue weighted by Gasteiger charge is 2.18. The van der Waals surface area contributed by atoms with E-state index in [-0.39, 0.29) is 0 Å². The molecular weight excluding hydrogens is 228 g/mol. The Hall–Kier alpha value is -1.75. The van der Waals surface area contributed by atoms with Crippen LogP contribution in [0.2, 0.25) is 0 Å². The molecule has 0 atom stereocenters. The van der Waals surface area contributed by atoms with E-state index in [9.17, 15) is 5.11 Å². The van der Waals surface area contributed by atoms with Crippen molar-refractivity contribution in [3.63, 3.8) is 0 Å². The summed E-state index contributed by atoms with van der Waals surface area (Å²) in [5.74, 6) is 0.433. The van der Waals surface area contributed by atoms with Crippen molar-refractivity contribution < 1.29 is 5.11 Å². The standard InChI is InChI=1S/C13H20N4O/c1-13(2,18)8-17-11-6-5-9(16(3)4)7-10(11)15-12(17)14/h5-7,18H,8H2,1-4H3,(H2,14,15). The fourth-order valence-corrected chi connectivity index (χ4v) is 1.97. The SMILES string of the molecule is CN(C)c1ccc2c(c1)nc(N)n2CC(C)(C)O. The number of nitrogens with zero attached hydrogens (tertiary/aromatic N) is 3. The fourth-order valence-electron chi connectivity index (χ4n) is 1.97. The minimum atomic E-state index is -0.817. The van der Waals surface area contributed by atoms with E-state index in [1.54, 1.807) is 13.8 Å². The molecule has 98 valence electrons. The van der Waals surface area contributed by atoms with Crippen molar-refractivity contribution in [2.24, 2.45) is 0 Å². The number of rotatable bonds is 3. The van der Waals surface area contributed by atoms with Gasteiger partial charge in [0, 0.05) is 19.8 Å². The van der Waals surface area contributed by atoms with Crippen LogP contribution in [0.25, 0.3) is 11.0 Å². The molecule has 2 aromatic rings. The lowest BCUT2D eigenvalue weighted by Crippen LogP contribution is -2.26. The number of nitrogens with two attached hydrogens (primary N) is 1. The fraction of sp³-hybridized carbons (Fsp3) is 0.462. The second kappa shape index (κ2) is 4.17. The number of aliphatic hydroxyl groups is 1. The van der Waals surface area contributed by atoms with Crippen LogP contribution in [0.1, 0.15) is 13.8 Å². The van der Waals surface area contributed by atoms with E-state index in [1.807, 2.05) is 41.8 Å². The first-order chi connectivity index (χ1) is 8.28. The van der Waals surface area contributed by atoms with Gasteiger partial charge in [-0.25, -0.2) is 4.98 Å². The molecule has 0 unspecified atom stereocenters. The number of imidazole rings is 1.